The maximum Gasteiger partial charge on any atom is 0.255 e. The van der Waals surface area contributed by atoms with E-state index in [2.05, 4.69) is 0 Å². The van der Waals surface area contributed by atoms with E-state index in [1.54, 1.807) is 0 Å². The number of rotatable bonds is 2. The van der Waals surface area contributed by atoms with E-state index in [1.807, 2.05) is 0 Å². The van der Waals surface area contributed by atoms with Crippen LogP contribution in [0.2, 0.25) is 5.02 Å². The standard InChI is InChI=1S/C22H23ClN2O8/c1-21(32)7-6-8-15(25(2)3)17(28)13(20(24)31)19(30)22(8,33)18(29)11(7)16(27)12-10(26)5-4-9(23)14(12)21/h4-5,7-8,15,26-27,30,32-33H,6H2,1-3H3,(H2,24,31)/t7-,8-,15+,21-,22+/m1/s1. The number of fused-ring (bicyclic) bond motifs is 3. The van der Waals surface area contributed by atoms with E-state index in [0.29, 0.717) is 0 Å². The lowest BCUT2D eigenvalue weighted by molar-refractivity contribution is -0.159. The fraction of sp³-hybridized carbons (Fsp3) is 0.409. The number of likely N-dealkylation sites (N-methyl/N-ethyl adjacent to an activating group) is 1. The second-order valence-electron chi connectivity index (χ2n) is 9.08. The first kappa shape index (κ1) is 23.2. The van der Waals surface area contributed by atoms with Crippen LogP contribution in [0, 0.1) is 11.8 Å². The molecule has 0 radical (unpaired) electrons. The number of amides is 1. The quantitative estimate of drug-likeness (QED) is 0.325. The minimum Gasteiger partial charge on any atom is -0.508 e. The predicted molar refractivity (Wildman–Crippen MR) is 115 cm³/mol. The molecule has 3 aliphatic carbocycles. The maximum absolute atomic E-state index is 13.7. The Balaban J connectivity index is 2.07. The first-order chi connectivity index (χ1) is 15.2. The summed E-state index contributed by atoms with van der Waals surface area (Å²) in [6, 6.07) is 1.24. The molecule has 176 valence electrons. The zero-order valence-electron chi connectivity index (χ0n) is 18.0. The molecule has 0 aliphatic heterocycles. The van der Waals surface area contributed by atoms with Crippen LogP contribution < -0.4 is 5.73 Å². The van der Waals surface area contributed by atoms with Gasteiger partial charge in [-0.25, -0.2) is 0 Å². The highest BCUT2D eigenvalue weighted by Crippen LogP contribution is 2.58. The number of Topliss-reactive ketones (excluding diaryl/α,β-unsaturated/α-hetero) is 2. The molecule has 5 atom stereocenters. The van der Waals surface area contributed by atoms with Crippen LogP contribution in [0.5, 0.6) is 5.75 Å². The fourth-order valence-electron chi connectivity index (χ4n) is 5.58. The Bertz CT molecular complexity index is 1200. The van der Waals surface area contributed by atoms with Gasteiger partial charge in [-0.2, -0.15) is 0 Å². The van der Waals surface area contributed by atoms with Gasteiger partial charge >= 0.3 is 0 Å². The van der Waals surface area contributed by atoms with Crippen molar-refractivity contribution >= 4 is 34.8 Å². The number of hydrogen-bond donors (Lipinski definition) is 6. The highest BCUT2D eigenvalue weighted by atomic mass is 35.5. The number of aromatic hydroxyl groups is 1. The van der Waals surface area contributed by atoms with E-state index in [1.165, 1.54) is 38.1 Å². The first-order valence-electron chi connectivity index (χ1n) is 10.1. The van der Waals surface area contributed by atoms with E-state index in [9.17, 15) is 39.9 Å². The summed E-state index contributed by atoms with van der Waals surface area (Å²) in [5, 5.41) is 55.2. The second kappa shape index (κ2) is 7.04. The van der Waals surface area contributed by atoms with Crippen LogP contribution in [-0.2, 0) is 20.0 Å². The molecule has 4 rings (SSSR count). The van der Waals surface area contributed by atoms with Crippen molar-refractivity contribution in [3.8, 4) is 5.75 Å². The molecule has 1 saturated carbocycles. The van der Waals surface area contributed by atoms with E-state index < -0.39 is 75.0 Å². The molecule has 1 aromatic rings. The topological polar surface area (TPSA) is 182 Å². The summed E-state index contributed by atoms with van der Waals surface area (Å²) in [6.45, 7) is 1.34. The molecular formula is C22H23ClN2O8. The SMILES string of the molecule is CN(C)[C@@H]1C(=O)C(C(N)=O)=C(O)[C@@]2(O)C(=O)C3=C(O)c4c(O)ccc(Cl)c4[C@](C)(O)[C@@H]3C[C@H]12. The number of nitrogens with two attached hydrogens (primary N) is 1. The van der Waals surface area contributed by atoms with Crippen molar-refractivity contribution in [1.29, 1.82) is 0 Å². The van der Waals surface area contributed by atoms with Crippen LogP contribution in [0.1, 0.15) is 24.5 Å². The fourth-order valence-corrected chi connectivity index (χ4v) is 5.93. The minimum atomic E-state index is -2.78. The normalized spacial score (nSPS) is 33.7. The number of hydrogen-bond acceptors (Lipinski definition) is 9. The highest BCUT2D eigenvalue weighted by molar-refractivity contribution is 6.32. The number of aliphatic hydroxyl groups is 4. The lowest BCUT2D eigenvalue weighted by Crippen LogP contribution is -2.67. The van der Waals surface area contributed by atoms with Crippen molar-refractivity contribution < 1.29 is 39.9 Å². The molecule has 10 nitrogen and oxygen atoms in total. The van der Waals surface area contributed by atoms with Gasteiger partial charge in [-0.3, -0.25) is 19.3 Å². The molecule has 33 heavy (non-hydrogen) atoms. The molecule has 1 aromatic carbocycles. The summed E-state index contributed by atoms with van der Waals surface area (Å²) >= 11 is 6.28. The maximum atomic E-state index is 13.7. The summed E-state index contributed by atoms with van der Waals surface area (Å²) < 4.78 is 0. The monoisotopic (exact) mass is 478 g/mol. The van der Waals surface area contributed by atoms with E-state index in [-0.39, 0.29) is 22.6 Å². The largest absolute Gasteiger partial charge is 0.508 e. The third-order valence-corrected chi connectivity index (χ3v) is 7.39. The molecule has 1 fully saturated rings. The predicted octanol–water partition coefficient (Wildman–Crippen LogP) is 0.282. The smallest absolute Gasteiger partial charge is 0.255 e. The average molecular weight is 479 g/mol. The second-order valence-corrected chi connectivity index (χ2v) is 9.48. The molecule has 0 heterocycles. The van der Waals surface area contributed by atoms with Crippen LogP contribution >= 0.6 is 11.6 Å². The summed E-state index contributed by atoms with van der Waals surface area (Å²) in [5.74, 6) is -8.30. The van der Waals surface area contributed by atoms with Gasteiger partial charge in [0.15, 0.2) is 11.4 Å². The summed E-state index contributed by atoms with van der Waals surface area (Å²) in [4.78, 5) is 40.1. The number of aliphatic hydroxyl groups excluding tert-OH is 2. The third-order valence-electron chi connectivity index (χ3n) is 7.07. The lowest BCUT2D eigenvalue weighted by atomic mass is 9.54. The molecule has 0 unspecified atom stereocenters. The van der Waals surface area contributed by atoms with Crippen LogP contribution in [0.15, 0.2) is 29.0 Å². The Morgan fingerprint density at radius 2 is 1.79 bits per heavy atom. The molecule has 0 bridgehead atoms. The van der Waals surface area contributed by atoms with Crippen molar-refractivity contribution in [2.24, 2.45) is 17.6 Å². The van der Waals surface area contributed by atoms with Crippen LogP contribution in [0.3, 0.4) is 0 Å². The average Bonchev–Trinajstić information content (AvgIpc) is 2.69. The molecule has 0 aromatic heterocycles. The van der Waals surface area contributed by atoms with Gasteiger partial charge in [0.1, 0.15) is 22.8 Å². The number of phenolic OH excluding ortho intramolecular Hbond substituents is 1. The van der Waals surface area contributed by atoms with Gasteiger partial charge in [0.2, 0.25) is 5.78 Å². The van der Waals surface area contributed by atoms with Crippen LogP contribution in [0.4, 0.5) is 0 Å². The number of halogens is 1. The molecule has 11 heteroatoms. The van der Waals surface area contributed by atoms with Gasteiger partial charge in [0.05, 0.1) is 17.2 Å². The first-order valence-corrected chi connectivity index (χ1v) is 10.5. The summed E-state index contributed by atoms with van der Waals surface area (Å²) in [6.07, 6.45) is -0.259. The Morgan fingerprint density at radius 3 is 2.33 bits per heavy atom. The Hall–Kier alpha value is -2.92. The van der Waals surface area contributed by atoms with Gasteiger partial charge in [-0.1, -0.05) is 11.6 Å². The summed E-state index contributed by atoms with van der Waals surface area (Å²) in [5.41, 5.74) is -1.10. The van der Waals surface area contributed by atoms with Crippen molar-refractivity contribution in [3.63, 3.8) is 0 Å². The van der Waals surface area contributed by atoms with E-state index >= 15 is 0 Å². The third kappa shape index (κ3) is 2.75. The van der Waals surface area contributed by atoms with E-state index in [0.717, 1.165) is 0 Å². The van der Waals surface area contributed by atoms with E-state index in [4.69, 9.17) is 17.3 Å². The molecule has 3 aliphatic rings. The van der Waals surface area contributed by atoms with Crippen molar-refractivity contribution in [1.82, 2.24) is 4.90 Å². The molecule has 0 spiro atoms. The minimum absolute atomic E-state index is 0.0187. The Morgan fingerprint density at radius 1 is 1.18 bits per heavy atom. The number of carbonyl (C=O) groups is 3. The van der Waals surface area contributed by atoms with Gasteiger partial charge in [0.25, 0.3) is 5.91 Å². The van der Waals surface area contributed by atoms with Gasteiger partial charge < -0.3 is 31.3 Å². The zero-order valence-corrected chi connectivity index (χ0v) is 18.7. The number of phenols is 1. The number of ketones is 2. The van der Waals surface area contributed by atoms with Crippen molar-refractivity contribution in [2.45, 2.75) is 30.6 Å². The molecule has 0 saturated heterocycles. The van der Waals surface area contributed by atoms with Gasteiger partial charge in [0, 0.05) is 28.0 Å². The zero-order chi connectivity index (χ0) is 24.8. The van der Waals surface area contributed by atoms with Crippen LogP contribution in [-0.4, -0.2) is 73.6 Å². The van der Waals surface area contributed by atoms with Gasteiger partial charge in [-0.05, 0) is 39.6 Å². The number of carbonyl (C=O) groups excluding carboxylic acids is 3. The van der Waals surface area contributed by atoms with Crippen LogP contribution in [0.25, 0.3) is 5.76 Å². The van der Waals surface area contributed by atoms with Gasteiger partial charge in [-0.15, -0.1) is 0 Å². The number of benzene rings is 1. The molecule has 1 amide bonds. The van der Waals surface area contributed by atoms with Crippen molar-refractivity contribution in [2.75, 3.05) is 14.1 Å². The molecule has 7 N–H and O–H groups in total. The Kier molecular flexibility index (Phi) is 4.96. The molecular weight excluding hydrogens is 456 g/mol. The number of nitrogens with zero attached hydrogens (tertiary/aromatic N) is 1. The lowest BCUT2D eigenvalue weighted by Gasteiger charge is -2.53. The Labute approximate surface area is 193 Å². The summed E-state index contributed by atoms with van der Waals surface area (Å²) in [7, 11) is 2.97. The number of primary amides is 1. The van der Waals surface area contributed by atoms with Crippen molar-refractivity contribution in [3.05, 3.63) is 45.2 Å². The highest BCUT2D eigenvalue weighted by Gasteiger charge is 2.66.